The summed E-state index contributed by atoms with van der Waals surface area (Å²) in [5.74, 6) is -1.39. The molecule has 1 amide bonds. The number of carbonyl (C=O) groups excluding carboxylic acids is 1. The molecule has 0 bridgehead atoms. The van der Waals surface area contributed by atoms with E-state index in [-0.39, 0.29) is 18.1 Å². The van der Waals surface area contributed by atoms with Crippen LogP contribution in [-0.2, 0) is 11.3 Å². The number of aromatic nitrogens is 2. The van der Waals surface area contributed by atoms with Gasteiger partial charge in [0.25, 0.3) is 5.91 Å². The van der Waals surface area contributed by atoms with E-state index in [4.69, 9.17) is 5.11 Å². The molecule has 1 aromatic carbocycles. The minimum absolute atomic E-state index is 0.224. The number of hydrogen-bond donors (Lipinski definition) is 2. The summed E-state index contributed by atoms with van der Waals surface area (Å²) in [4.78, 5) is 39.2. The van der Waals surface area contributed by atoms with Crippen LogP contribution in [0, 0.1) is 0 Å². The average Bonchev–Trinajstić information content (AvgIpc) is 2.79. The molecule has 7 nitrogen and oxygen atoms in total. The van der Waals surface area contributed by atoms with E-state index in [2.05, 4.69) is 4.98 Å². The molecule has 1 heterocycles. The van der Waals surface area contributed by atoms with Gasteiger partial charge >= 0.3 is 11.7 Å². The second kappa shape index (κ2) is 6.46. The SMILES string of the molecule is CCCN(CC(=O)O)C(=O)c1ccc2[nH]c(=O)n(CC)c2c1. The average molecular weight is 305 g/mol. The number of rotatable bonds is 6. The number of carboxylic acids is 1. The lowest BCUT2D eigenvalue weighted by Gasteiger charge is -2.20. The molecule has 0 fully saturated rings. The minimum atomic E-state index is -1.05. The predicted molar refractivity (Wildman–Crippen MR) is 82.1 cm³/mol. The van der Waals surface area contributed by atoms with Crippen LogP contribution in [0.5, 0.6) is 0 Å². The molecule has 1 aromatic heterocycles. The summed E-state index contributed by atoms with van der Waals surface area (Å²) in [6, 6.07) is 4.90. The Morgan fingerprint density at radius 3 is 2.64 bits per heavy atom. The van der Waals surface area contributed by atoms with Crippen LogP contribution < -0.4 is 5.69 Å². The first-order valence-corrected chi connectivity index (χ1v) is 7.21. The Labute approximate surface area is 127 Å². The molecular weight excluding hydrogens is 286 g/mol. The van der Waals surface area contributed by atoms with Crippen molar-refractivity contribution in [2.24, 2.45) is 0 Å². The fourth-order valence-corrected chi connectivity index (χ4v) is 2.47. The Morgan fingerprint density at radius 1 is 1.32 bits per heavy atom. The lowest BCUT2D eigenvalue weighted by molar-refractivity contribution is -0.137. The second-order valence-corrected chi connectivity index (χ2v) is 5.03. The molecule has 0 aliphatic heterocycles. The number of nitrogens with zero attached hydrogens (tertiary/aromatic N) is 2. The maximum atomic E-state index is 12.5. The van der Waals surface area contributed by atoms with Crippen molar-refractivity contribution in [2.45, 2.75) is 26.8 Å². The van der Waals surface area contributed by atoms with Crippen LogP contribution in [0.15, 0.2) is 23.0 Å². The molecule has 0 saturated carbocycles. The van der Waals surface area contributed by atoms with Crippen LogP contribution in [0.4, 0.5) is 0 Å². The van der Waals surface area contributed by atoms with Gasteiger partial charge in [0.05, 0.1) is 11.0 Å². The molecule has 7 heteroatoms. The summed E-state index contributed by atoms with van der Waals surface area (Å²) in [5, 5.41) is 8.92. The fourth-order valence-electron chi connectivity index (χ4n) is 2.47. The van der Waals surface area contributed by atoms with Crippen molar-refractivity contribution in [3.05, 3.63) is 34.2 Å². The second-order valence-electron chi connectivity index (χ2n) is 5.03. The van der Waals surface area contributed by atoms with Crippen LogP contribution in [0.25, 0.3) is 11.0 Å². The maximum absolute atomic E-state index is 12.5. The van der Waals surface area contributed by atoms with Gasteiger partial charge in [0, 0.05) is 18.7 Å². The number of nitrogens with one attached hydrogen (secondary N) is 1. The van der Waals surface area contributed by atoms with Crippen molar-refractivity contribution in [2.75, 3.05) is 13.1 Å². The number of carbonyl (C=O) groups is 2. The van der Waals surface area contributed by atoms with Crippen LogP contribution >= 0.6 is 0 Å². The van der Waals surface area contributed by atoms with Gasteiger partial charge < -0.3 is 15.0 Å². The monoisotopic (exact) mass is 305 g/mol. The highest BCUT2D eigenvalue weighted by Crippen LogP contribution is 2.15. The molecular formula is C15H19N3O4. The van der Waals surface area contributed by atoms with Crippen molar-refractivity contribution >= 4 is 22.9 Å². The maximum Gasteiger partial charge on any atom is 0.326 e. The zero-order valence-electron chi connectivity index (χ0n) is 12.6. The van der Waals surface area contributed by atoms with Gasteiger partial charge in [0.15, 0.2) is 0 Å². The third kappa shape index (κ3) is 3.03. The summed E-state index contributed by atoms with van der Waals surface area (Å²) in [6.07, 6.45) is 0.672. The molecule has 2 N–H and O–H groups in total. The van der Waals surface area contributed by atoms with Gasteiger partial charge in [-0.1, -0.05) is 6.92 Å². The molecule has 0 spiro atoms. The third-order valence-electron chi connectivity index (χ3n) is 3.45. The van der Waals surface area contributed by atoms with E-state index in [1.54, 1.807) is 18.2 Å². The largest absolute Gasteiger partial charge is 0.480 e. The highest BCUT2D eigenvalue weighted by molar-refractivity contribution is 5.98. The van der Waals surface area contributed by atoms with Gasteiger partial charge in [0.2, 0.25) is 0 Å². The van der Waals surface area contributed by atoms with E-state index in [0.717, 1.165) is 0 Å². The van der Waals surface area contributed by atoms with Crippen molar-refractivity contribution in [3.63, 3.8) is 0 Å². The third-order valence-corrected chi connectivity index (χ3v) is 3.45. The summed E-state index contributed by atoms with van der Waals surface area (Å²) in [5.41, 5.74) is 1.45. The molecule has 0 atom stereocenters. The van der Waals surface area contributed by atoms with Crippen molar-refractivity contribution in [1.29, 1.82) is 0 Å². The molecule has 118 valence electrons. The van der Waals surface area contributed by atoms with E-state index in [1.165, 1.54) is 9.47 Å². The number of benzene rings is 1. The molecule has 0 saturated heterocycles. The Bertz CT molecular complexity index is 760. The number of hydrogen-bond acceptors (Lipinski definition) is 3. The molecule has 0 aliphatic carbocycles. The van der Waals surface area contributed by atoms with Crippen LogP contribution in [-0.4, -0.2) is 44.5 Å². The lowest BCUT2D eigenvalue weighted by atomic mass is 10.1. The van der Waals surface area contributed by atoms with Crippen LogP contribution in [0.1, 0.15) is 30.6 Å². The Balaban J connectivity index is 2.42. The van der Waals surface area contributed by atoms with Gasteiger partial charge in [-0.3, -0.25) is 14.2 Å². The van der Waals surface area contributed by atoms with Crippen LogP contribution in [0.2, 0.25) is 0 Å². The summed E-state index contributed by atoms with van der Waals surface area (Å²) >= 11 is 0. The molecule has 0 aliphatic rings. The van der Waals surface area contributed by atoms with E-state index in [0.29, 0.717) is 36.1 Å². The quantitative estimate of drug-likeness (QED) is 0.840. The number of H-pyrrole nitrogens is 1. The van der Waals surface area contributed by atoms with Gasteiger partial charge in [0.1, 0.15) is 6.54 Å². The van der Waals surface area contributed by atoms with Gasteiger partial charge in [-0.15, -0.1) is 0 Å². The zero-order valence-corrected chi connectivity index (χ0v) is 12.6. The molecule has 2 aromatic rings. The summed E-state index contributed by atoms with van der Waals surface area (Å²) < 4.78 is 1.54. The van der Waals surface area contributed by atoms with Gasteiger partial charge in [-0.25, -0.2) is 4.79 Å². The number of carboxylic acid groups (broad SMARTS) is 1. The van der Waals surface area contributed by atoms with Crippen molar-refractivity contribution in [3.8, 4) is 0 Å². The normalized spacial score (nSPS) is 10.8. The van der Waals surface area contributed by atoms with E-state index in [1.807, 2.05) is 13.8 Å². The van der Waals surface area contributed by atoms with Crippen molar-refractivity contribution in [1.82, 2.24) is 14.5 Å². The minimum Gasteiger partial charge on any atom is -0.480 e. The number of amides is 1. The Hall–Kier alpha value is -2.57. The first-order valence-electron chi connectivity index (χ1n) is 7.21. The van der Waals surface area contributed by atoms with Crippen molar-refractivity contribution < 1.29 is 14.7 Å². The molecule has 0 unspecified atom stereocenters. The lowest BCUT2D eigenvalue weighted by Crippen LogP contribution is -2.36. The molecule has 22 heavy (non-hydrogen) atoms. The number of fused-ring (bicyclic) bond motifs is 1. The molecule has 2 rings (SSSR count). The Morgan fingerprint density at radius 2 is 2.05 bits per heavy atom. The van der Waals surface area contributed by atoms with E-state index in [9.17, 15) is 14.4 Å². The number of aliphatic carboxylic acids is 1. The fraction of sp³-hybridized carbons (Fsp3) is 0.400. The zero-order chi connectivity index (χ0) is 16.3. The summed E-state index contributed by atoms with van der Waals surface area (Å²) in [6.45, 7) is 4.25. The summed E-state index contributed by atoms with van der Waals surface area (Å²) in [7, 11) is 0. The highest BCUT2D eigenvalue weighted by Gasteiger charge is 2.19. The first kappa shape index (κ1) is 15.8. The first-order chi connectivity index (χ1) is 10.5. The number of imidazole rings is 1. The number of aromatic amines is 1. The molecule has 0 radical (unpaired) electrons. The van der Waals surface area contributed by atoms with Crippen LogP contribution in [0.3, 0.4) is 0 Å². The van der Waals surface area contributed by atoms with Gasteiger partial charge in [-0.2, -0.15) is 0 Å². The number of aryl methyl sites for hydroxylation is 1. The standard InChI is InChI=1S/C15H19N3O4/c1-3-7-17(9-13(19)20)14(21)10-5-6-11-12(8-10)18(4-2)15(22)16-11/h5-6,8H,3-4,7,9H2,1-2H3,(H,16,22)(H,19,20). The van der Waals surface area contributed by atoms with E-state index >= 15 is 0 Å². The van der Waals surface area contributed by atoms with E-state index < -0.39 is 5.97 Å². The highest BCUT2D eigenvalue weighted by atomic mass is 16.4. The smallest absolute Gasteiger partial charge is 0.326 e. The predicted octanol–water partition coefficient (Wildman–Crippen LogP) is 1.29. The Kier molecular flexibility index (Phi) is 4.65. The van der Waals surface area contributed by atoms with Gasteiger partial charge in [-0.05, 0) is 31.5 Å². The topological polar surface area (TPSA) is 95.4 Å².